The molecule has 0 bridgehead atoms. The van der Waals surface area contributed by atoms with Crippen molar-refractivity contribution in [1.29, 1.82) is 0 Å². The van der Waals surface area contributed by atoms with Crippen molar-refractivity contribution in [3.05, 3.63) is 53.4 Å². The van der Waals surface area contributed by atoms with E-state index in [1.807, 2.05) is 30.3 Å². The number of rotatable bonds is 5. The largest absolute Gasteiger partial charge is 0.425 e. The molecule has 10 heteroatoms. The first-order chi connectivity index (χ1) is 13.9. The van der Waals surface area contributed by atoms with E-state index >= 15 is 0 Å². The second kappa shape index (κ2) is 6.68. The van der Waals surface area contributed by atoms with Crippen LogP contribution in [-0.2, 0) is 0 Å². The van der Waals surface area contributed by atoms with E-state index in [2.05, 4.69) is 15.4 Å². The molecule has 2 fully saturated rings. The molecule has 29 heavy (non-hydrogen) atoms. The van der Waals surface area contributed by atoms with E-state index in [0.29, 0.717) is 30.3 Å². The quantitative estimate of drug-likeness (QED) is 0.573. The maximum absolute atomic E-state index is 11.8. The van der Waals surface area contributed by atoms with Gasteiger partial charge in [0.05, 0.1) is 17.4 Å². The minimum Gasteiger partial charge on any atom is -0.425 e. The number of carbonyl (C=O) groups is 1. The number of amides is 1. The highest BCUT2D eigenvalue weighted by Crippen LogP contribution is 2.56. The van der Waals surface area contributed by atoms with Crippen molar-refractivity contribution in [1.82, 2.24) is 15.4 Å². The Hall–Kier alpha value is -2.69. The highest BCUT2D eigenvalue weighted by atomic mass is 32.3. The lowest BCUT2D eigenvalue weighted by Gasteiger charge is -2.45. The Balaban J connectivity index is 1.34. The van der Waals surface area contributed by atoms with Crippen LogP contribution in [0.4, 0.5) is 0 Å². The van der Waals surface area contributed by atoms with Gasteiger partial charge in [0.1, 0.15) is 5.69 Å². The highest BCUT2D eigenvalue weighted by Gasteiger charge is 2.42. The van der Waals surface area contributed by atoms with Crippen molar-refractivity contribution in [2.24, 2.45) is 5.73 Å². The van der Waals surface area contributed by atoms with Gasteiger partial charge in [-0.3, -0.25) is 13.9 Å². The Kier molecular flexibility index (Phi) is 4.23. The van der Waals surface area contributed by atoms with Crippen LogP contribution < -0.4 is 5.73 Å². The van der Waals surface area contributed by atoms with Crippen LogP contribution in [0.5, 0.6) is 0 Å². The molecule has 1 saturated heterocycles. The monoisotopic (exact) mass is 416 g/mol. The molecule has 3 aromatic rings. The molecule has 4 N–H and O–H groups in total. The first-order valence-electron chi connectivity index (χ1n) is 9.33. The van der Waals surface area contributed by atoms with E-state index in [1.165, 1.54) is 0 Å². The molecule has 1 saturated carbocycles. The van der Waals surface area contributed by atoms with E-state index < -0.39 is 16.5 Å². The van der Waals surface area contributed by atoms with Crippen LogP contribution in [-0.4, -0.2) is 41.9 Å². The summed E-state index contributed by atoms with van der Waals surface area (Å²) in [5.41, 5.74) is 7.73. The molecule has 2 aliphatic rings. The normalized spacial score (nSPS) is 24.5. The van der Waals surface area contributed by atoms with Gasteiger partial charge in [-0.2, -0.15) is 10.6 Å². The molecule has 0 atom stereocenters. The zero-order valence-corrected chi connectivity index (χ0v) is 16.2. The van der Waals surface area contributed by atoms with Crippen molar-refractivity contribution < 1.29 is 22.8 Å². The molecule has 9 nitrogen and oxygen atoms in total. The second-order valence-corrected chi connectivity index (χ2v) is 9.95. The topological polar surface area (TPSA) is 148 Å². The molecule has 0 radical (unpaired) electrons. The van der Waals surface area contributed by atoms with Gasteiger partial charge in [-0.05, 0) is 18.8 Å². The highest BCUT2D eigenvalue weighted by molar-refractivity contribution is 8.25. The summed E-state index contributed by atoms with van der Waals surface area (Å²) in [6.07, 6.45) is 1.42. The lowest BCUT2D eigenvalue weighted by molar-refractivity contribution is 0.0961. The fourth-order valence-corrected chi connectivity index (χ4v) is 5.50. The van der Waals surface area contributed by atoms with Crippen LogP contribution in [0.1, 0.15) is 58.5 Å². The van der Waals surface area contributed by atoms with E-state index in [1.54, 1.807) is 0 Å². The summed E-state index contributed by atoms with van der Waals surface area (Å²) in [7, 11) is -2.45. The van der Waals surface area contributed by atoms with Crippen molar-refractivity contribution in [2.45, 2.75) is 30.6 Å². The van der Waals surface area contributed by atoms with Crippen molar-refractivity contribution in [2.75, 3.05) is 11.5 Å². The molecule has 1 amide bonds. The fraction of sp³-hybridized carbons (Fsp3) is 0.368. The maximum Gasteiger partial charge on any atom is 0.287 e. The van der Waals surface area contributed by atoms with Gasteiger partial charge < -0.3 is 14.7 Å². The Labute approximate surface area is 167 Å². The number of hydrogen-bond acceptors (Lipinski definition) is 8. The molecule has 0 spiro atoms. The molecule has 1 aliphatic heterocycles. The number of benzene rings is 1. The van der Waals surface area contributed by atoms with Crippen LogP contribution >= 0.6 is 10.6 Å². The number of primary amides is 1. The van der Waals surface area contributed by atoms with Crippen molar-refractivity contribution in [3.8, 4) is 11.3 Å². The first kappa shape index (κ1) is 18.3. The predicted octanol–water partition coefficient (Wildman–Crippen LogP) is 3.33. The lowest BCUT2D eigenvalue weighted by Crippen LogP contribution is -2.30. The number of hydrogen-bond donors (Lipinski definition) is 3. The summed E-state index contributed by atoms with van der Waals surface area (Å²) in [4.78, 5) is 11.8. The van der Waals surface area contributed by atoms with Crippen molar-refractivity contribution >= 4 is 16.5 Å². The van der Waals surface area contributed by atoms with Crippen LogP contribution in [0.25, 0.3) is 11.3 Å². The molecule has 1 aromatic carbocycles. The third kappa shape index (κ3) is 3.22. The lowest BCUT2D eigenvalue weighted by atomic mass is 9.70. The Morgan fingerprint density at radius 1 is 1.03 bits per heavy atom. The first-order valence-corrected chi connectivity index (χ1v) is 11.2. The Morgan fingerprint density at radius 2 is 1.69 bits per heavy atom. The van der Waals surface area contributed by atoms with Crippen LogP contribution in [0.3, 0.4) is 0 Å². The molecular weight excluding hydrogens is 396 g/mol. The van der Waals surface area contributed by atoms with Gasteiger partial charge in [0.25, 0.3) is 5.91 Å². The Bertz CT molecular complexity index is 1050. The number of nitrogens with zero attached hydrogens (tertiary/aromatic N) is 3. The zero-order valence-electron chi connectivity index (χ0n) is 15.4. The summed E-state index contributed by atoms with van der Waals surface area (Å²) in [5, 5.41) is 12.3. The Morgan fingerprint density at radius 3 is 2.31 bits per heavy atom. The SMILES string of the molecule is NC(=O)c1onc(-c2ccccc2)c1C1CC(c2nnc(C3CS(O)(O)C3)o2)C1. The van der Waals surface area contributed by atoms with Gasteiger partial charge in [-0.15, -0.1) is 10.2 Å². The summed E-state index contributed by atoms with van der Waals surface area (Å²) in [6.45, 7) is 0. The third-order valence-electron chi connectivity index (χ3n) is 5.64. The summed E-state index contributed by atoms with van der Waals surface area (Å²) < 4.78 is 30.1. The average molecular weight is 416 g/mol. The van der Waals surface area contributed by atoms with Crippen molar-refractivity contribution in [3.63, 3.8) is 0 Å². The maximum atomic E-state index is 11.8. The van der Waals surface area contributed by atoms with E-state index in [9.17, 15) is 13.9 Å². The minimum atomic E-state index is -2.45. The average Bonchev–Trinajstić information content (AvgIpc) is 3.27. The third-order valence-corrected chi connectivity index (χ3v) is 7.51. The van der Waals surface area contributed by atoms with Crippen LogP contribution in [0.2, 0.25) is 0 Å². The van der Waals surface area contributed by atoms with E-state index in [4.69, 9.17) is 14.7 Å². The number of aromatic nitrogens is 3. The molecule has 1 aliphatic carbocycles. The van der Waals surface area contributed by atoms with Crippen LogP contribution in [0, 0.1) is 0 Å². The number of nitrogens with two attached hydrogens (primary N) is 1. The molecule has 152 valence electrons. The predicted molar refractivity (Wildman–Crippen MR) is 105 cm³/mol. The van der Waals surface area contributed by atoms with Gasteiger partial charge in [0.2, 0.25) is 17.5 Å². The molecule has 0 unspecified atom stereocenters. The summed E-state index contributed by atoms with van der Waals surface area (Å²) in [5.74, 6) is 1.06. The minimum absolute atomic E-state index is 0.0509. The fourth-order valence-electron chi connectivity index (χ4n) is 4.03. The van der Waals surface area contributed by atoms with Gasteiger partial charge >= 0.3 is 0 Å². The molecule has 2 aromatic heterocycles. The van der Waals surface area contributed by atoms with E-state index in [0.717, 1.165) is 11.1 Å². The smallest absolute Gasteiger partial charge is 0.287 e. The standard InChI is InChI=1S/C19H20N4O5S/c20-17(24)16-14(15(23-28-16)10-4-2-1-3-5-10)11-6-12(7-11)18-21-22-19(27-18)13-8-29(25,26)9-13/h1-5,11-13,25-26H,6-9H2,(H2,20,24). The van der Waals surface area contributed by atoms with Gasteiger partial charge in [-0.25, -0.2) is 0 Å². The molecular formula is C19H20N4O5S. The van der Waals surface area contributed by atoms with E-state index in [-0.39, 0.29) is 35.0 Å². The summed E-state index contributed by atoms with van der Waals surface area (Å²) >= 11 is 0. The van der Waals surface area contributed by atoms with Gasteiger partial charge in [0, 0.05) is 17.0 Å². The van der Waals surface area contributed by atoms with Gasteiger partial charge in [-0.1, -0.05) is 35.5 Å². The summed E-state index contributed by atoms with van der Waals surface area (Å²) in [6, 6.07) is 9.53. The van der Waals surface area contributed by atoms with Crippen LogP contribution in [0.15, 0.2) is 39.3 Å². The second-order valence-electron chi connectivity index (χ2n) is 7.68. The molecule has 5 rings (SSSR count). The number of carbonyl (C=O) groups excluding carboxylic acids is 1. The molecule has 3 heterocycles. The van der Waals surface area contributed by atoms with Gasteiger partial charge in [0.15, 0.2) is 0 Å². The zero-order chi connectivity index (χ0) is 20.2.